The number of halogens is 2. The van der Waals surface area contributed by atoms with Crippen molar-refractivity contribution in [3.05, 3.63) is 29.2 Å². The van der Waals surface area contributed by atoms with Crippen LogP contribution in [0.15, 0.2) is 17.8 Å². The number of ether oxygens (including phenoxy) is 2. The maximum absolute atomic E-state index is 13.1. The lowest BCUT2D eigenvalue weighted by Gasteiger charge is -2.24. The first-order chi connectivity index (χ1) is 14.5. The van der Waals surface area contributed by atoms with Gasteiger partial charge in [-0.25, -0.2) is 24.4 Å². The van der Waals surface area contributed by atoms with Crippen LogP contribution in [0.25, 0.3) is 5.70 Å². The Balaban J connectivity index is 2.11. The number of hydrogen-bond donors (Lipinski definition) is 2. The number of alkyl halides is 2. The Morgan fingerprint density at radius 1 is 1.26 bits per heavy atom. The molecule has 0 spiro atoms. The number of amides is 1. The van der Waals surface area contributed by atoms with Gasteiger partial charge >= 0.3 is 6.09 Å². The Bertz CT molecular complexity index is 790. The van der Waals surface area contributed by atoms with Crippen molar-refractivity contribution < 1.29 is 23.0 Å². The van der Waals surface area contributed by atoms with Gasteiger partial charge in [-0.1, -0.05) is 6.42 Å². The second kappa shape index (κ2) is 10.6. The quantitative estimate of drug-likeness (QED) is 0.471. The van der Waals surface area contributed by atoms with Crippen LogP contribution in [0.5, 0.6) is 5.75 Å². The minimum atomic E-state index is -3.03. The Labute approximate surface area is 182 Å². The van der Waals surface area contributed by atoms with Gasteiger partial charge in [-0.2, -0.15) is 0 Å². The number of nitrogens with zero attached hydrogens (tertiary/aromatic N) is 3. The highest BCUT2D eigenvalue weighted by Gasteiger charge is 2.27. The summed E-state index contributed by atoms with van der Waals surface area (Å²) in [7, 11) is 2.77. The number of likely N-dealkylation sites (N-methyl/N-ethyl adjacent to an activating group) is 1. The van der Waals surface area contributed by atoms with Gasteiger partial charge in [0.1, 0.15) is 12.4 Å². The highest BCUT2D eigenvalue weighted by molar-refractivity contribution is 5.68. The van der Waals surface area contributed by atoms with Gasteiger partial charge in [0.25, 0.3) is 5.92 Å². The van der Waals surface area contributed by atoms with Crippen molar-refractivity contribution in [1.29, 1.82) is 0 Å². The van der Waals surface area contributed by atoms with E-state index < -0.39 is 18.6 Å². The van der Waals surface area contributed by atoms with Gasteiger partial charge in [0, 0.05) is 21.0 Å². The number of nitrogens with two attached hydrogens (primary N) is 2. The fraction of sp³-hybridized carbons (Fsp3) is 0.619. The van der Waals surface area contributed by atoms with Crippen molar-refractivity contribution in [2.45, 2.75) is 58.0 Å². The summed E-state index contributed by atoms with van der Waals surface area (Å²) in [6.07, 6.45) is 4.94. The van der Waals surface area contributed by atoms with E-state index in [9.17, 15) is 13.6 Å². The van der Waals surface area contributed by atoms with Crippen LogP contribution in [-0.4, -0.2) is 60.3 Å². The fourth-order valence-electron chi connectivity index (χ4n) is 3.42. The Morgan fingerprint density at radius 2 is 1.90 bits per heavy atom. The van der Waals surface area contributed by atoms with Crippen LogP contribution in [0.1, 0.15) is 50.4 Å². The molecule has 0 saturated heterocycles. The molecule has 1 amide bonds. The standard InChI is InChI=1S/C21H33F2N5O3/c1-14-18(31-15-8-6-5-7-9-15)11-10-16(26-14)19(24)17(28(4)25)12-30-20(29)27(3)13-21(2,22)23/h10-11,15H,5-9,12-13,24-25H2,1-4H3/b19-17-. The maximum Gasteiger partial charge on any atom is 0.410 e. The molecule has 31 heavy (non-hydrogen) atoms. The van der Waals surface area contributed by atoms with E-state index in [1.54, 1.807) is 6.07 Å². The maximum atomic E-state index is 13.1. The van der Waals surface area contributed by atoms with Crippen LogP contribution in [0, 0.1) is 6.92 Å². The van der Waals surface area contributed by atoms with Gasteiger partial charge in [-0.15, -0.1) is 0 Å². The van der Waals surface area contributed by atoms with Gasteiger partial charge in [0.2, 0.25) is 0 Å². The van der Waals surface area contributed by atoms with Crippen LogP contribution in [0.2, 0.25) is 0 Å². The van der Waals surface area contributed by atoms with Crippen molar-refractivity contribution in [2.24, 2.45) is 11.6 Å². The SMILES string of the molecule is Cc1nc(/C(N)=C(\COC(=O)N(C)CC(C)(F)F)N(C)N)ccc1OC1CCCCC1. The molecule has 8 nitrogen and oxygen atoms in total. The second-order valence-electron chi connectivity index (χ2n) is 8.11. The number of pyridine rings is 1. The molecule has 0 radical (unpaired) electrons. The topological polar surface area (TPSA) is 107 Å². The predicted octanol–water partition coefficient (Wildman–Crippen LogP) is 3.26. The van der Waals surface area contributed by atoms with Crippen molar-refractivity contribution in [3.63, 3.8) is 0 Å². The van der Waals surface area contributed by atoms with Gasteiger partial charge < -0.3 is 25.1 Å². The monoisotopic (exact) mass is 441 g/mol. The molecule has 1 aliphatic carbocycles. The highest BCUT2D eigenvalue weighted by Crippen LogP contribution is 2.26. The number of rotatable bonds is 8. The molecule has 2 rings (SSSR count). The van der Waals surface area contributed by atoms with Crippen LogP contribution in [-0.2, 0) is 4.74 Å². The zero-order chi connectivity index (χ0) is 23.2. The summed E-state index contributed by atoms with van der Waals surface area (Å²) in [5.41, 5.74) is 7.88. The first-order valence-corrected chi connectivity index (χ1v) is 10.4. The van der Waals surface area contributed by atoms with Gasteiger partial charge in [-0.05, 0) is 44.7 Å². The van der Waals surface area contributed by atoms with E-state index in [1.807, 2.05) is 13.0 Å². The van der Waals surface area contributed by atoms with E-state index >= 15 is 0 Å². The van der Waals surface area contributed by atoms with E-state index in [2.05, 4.69) is 4.98 Å². The van der Waals surface area contributed by atoms with Crippen molar-refractivity contribution in [3.8, 4) is 5.75 Å². The Hall–Kier alpha value is -2.62. The summed E-state index contributed by atoms with van der Waals surface area (Å²) in [5.74, 6) is 3.53. The molecule has 0 atom stereocenters. The molecule has 1 aromatic rings. The average Bonchev–Trinajstić information content (AvgIpc) is 2.68. The van der Waals surface area contributed by atoms with Crippen molar-refractivity contribution in [1.82, 2.24) is 14.9 Å². The number of hydrogen-bond acceptors (Lipinski definition) is 7. The molecule has 1 aromatic heterocycles. The van der Waals surface area contributed by atoms with E-state index in [-0.39, 0.29) is 24.1 Å². The van der Waals surface area contributed by atoms with Gasteiger partial charge in [-0.3, -0.25) is 0 Å². The Kier molecular flexibility index (Phi) is 8.43. The number of carbonyl (C=O) groups is 1. The molecule has 0 bridgehead atoms. The Morgan fingerprint density at radius 3 is 2.45 bits per heavy atom. The number of carbonyl (C=O) groups excluding carboxylic acids is 1. The summed E-state index contributed by atoms with van der Waals surface area (Å²) < 4.78 is 37.4. The van der Waals surface area contributed by atoms with Crippen LogP contribution < -0.4 is 16.3 Å². The third-order valence-electron chi connectivity index (χ3n) is 5.05. The summed E-state index contributed by atoms with van der Waals surface area (Å²) >= 11 is 0. The first-order valence-electron chi connectivity index (χ1n) is 10.4. The molecule has 1 fully saturated rings. The smallest absolute Gasteiger partial charge is 0.410 e. The summed E-state index contributed by atoms with van der Waals surface area (Å²) in [5, 5.41) is 1.21. The first kappa shape index (κ1) is 24.6. The molecule has 174 valence electrons. The number of aromatic nitrogens is 1. The molecular weight excluding hydrogens is 408 g/mol. The zero-order valence-electron chi connectivity index (χ0n) is 18.7. The zero-order valence-corrected chi connectivity index (χ0v) is 18.7. The molecule has 0 aromatic carbocycles. The molecule has 0 aliphatic heterocycles. The lowest BCUT2D eigenvalue weighted by Crippen LogP contribution is -2.38. The highest BCUT2D eigenvalue weighted by atomic mass is 19.3. The van der Waals surface area contributed by atoms with E-state index in [0.717, 1.165) is 24.7 Å². The number of hydrazine groups is 1. The average molecular weight is 442 g/mol. The van der Waals surface area contributed by atoms with Crippen molar-refractivity contribution >= 4 is 11.8 Å². The molecule has 4 N–H and O–H groups in total. The summed E-state index contributed by atoms with van der Waals surface area (Å²) in [6, 6.07) is 3.53. The summed E-state index contributed by atoms with van der Waals surface area (Å²) in [6.45, 7) is 1.50. The van der Waals surface area contributed by atoms with Crippen LogP contribution >= 0.6 is 0 Å². The normalized spacial score (nSPS) is 15.8. The minimum Gasteiger partial charge on any atom is -0.489 e. The molecule has 1 saturated carbocycles. The second-order valence-corrected chi connectivity index (χ2v) is 8.11. The molecule has 10 heteroatoms. The molecule has 1 heterocycles. The van der Waals surface area contributed by atoms with Gasteiger partial charge in [0.15, 0.2) is 0 Å². The third kappa shape index (κ3) is 7.54. The minimum absolute atomic E-state index is 0.200. The fourth-order valence-corrected chi connectivity index (χ4v) is 3.42. The molecular formula is C21H33F2N5O3. The third-order valence-corrected chi connectivity index (χ3v) is 5.05. The molecule has 0 unspecified atom stereocenters. The van der Waals surface area contributed by atoms with Crippen molar-refractivity contribution in [2.75, 3.05) is 27.2 Å². The van der Waals surface area contributed by atoms with Crippen LogP contribution in [0.3, 0.4) is 0 Å². The lowest BCUT2D eigenvalue weighted by molar-refractivity contribution is -0.00864. The lowest BCUT2D eigenvalue weighted by atomic mass is 9.98. The van der Waals surface area contributed by atoms with Crippen LogP contribution in [0.4, 0.5) is 13.6 Å². The van der Waals surface area contributed by atoms with Gasteiger partial charge in [0.05, 0.1) is 35.4 Å². The van der Waals surface area contributed by atoms with E-state index in [0.29, 0.717) is 17.1 Å². The predicted molar refractivity (Wildman–Crippen MR) is 114 cm³/mol. The summed E-state index contributed by atoms with van der Waals surface area (Å²) in [4.78, 5) is 17.3. The number of aryl methyl sites for hydroxylation is 1. The largest absolute Gasteiger partial charge is 0.489 e. The van der Waals surface area contributed by atoms with E-state index in [1.165, 1.54) is 38.4 Å². The molecule has 1 aliphatic rings. The van der Waals surface area contributed by atoms with E-state index in [4.69, 9.17) is 21.1 Å².